The molecule has 0 aliphatic rings. The quantitative estimate of drug-likeness (QED) is 0.696. The molecule has 0 saturated heterocycles. The summed E-state index contributed by atoms with van der Waals surface area (Å²) in [5.41, 5.74) is 7.34. The van der Waals surface area contributed by atoms with Crippen molar-refractivity contribution < 1.29 is 4.74 Å². The second-order valence-corrected chi connectivity index (χ2v) is 6.11. The van der Waals surface area contributed by atoms with Crippen LogP contribution in [0.1, 0.15) is 23.2 Å². The van der Waals surface area contributed by atoms with E-state index in [0.717, 1.165) is 11.3 Å². The van der Waals surface area contributed by atoms with Gasteiger partial charge in [0.15, 0.2) is 6.10 Å². The molecule has 1 aromatic carbocycles. The van der Waals surface area contributed by atoms with E-state index < -0.39 is 0 Å². The maximum Gasteiger partial charge on any atom is 0.214 e. The number of halogens is 2. The maximum absolute atomic E-state index is 6.08. The average molecular weight is 363 g/mol. The fourth-order valence-corrected chi connectivity index (χ4v) is 2.94. The summed E-state index contributed by atoms with van der Waals surface area (Å²) in [5, 5.41) is 1.16. The topological polar surface area (TPSA) is 76.8 Å². The highest BCUT2D eigenvalue weighted by Gasteiger charge is 2.18. The number of aromatic amines is 1. The summed E-state index contributed by atoms with van der Waals surface area (Å²) in [6, 6.07) is 10.9. The normalized spacial score (nSPS) is 12.1. The van der Waals surface area contributed by atoms with Crippen LogP contribution in [-0.4, -0.2) is 15.0 Å². The molecule has 0 aliphatic carbocycles. The van der Waals surface area contributed by atoms with Gasteiger partial charge in [-0.3, -0.25) is 0 Å². The van der Waals surface area contributed by atoms with Crippen LogP contribution in [0.2, 0.25) is 10.0 Å². The van der Waals surface area contributed by atoms with Crippen LogP contribution in [-0.2, 0) is 13.0 Å². The molecule has 0 radical (unpaired) electrons. The Labute approximate surface area is 149 Å². The fraction of sp³-hybridized carbons (Fsp3) is 0.176. The number of benzene rings is 1. The van der Waals surface area contributed by atoms with Crippen LogP contribution < -0.4 is 10.5 Å². The van der Waals surface area contributed by atoms with Gasteiger partial charge >= 0.3 is 0 Å². The monoisotopic (exact) mass is 362 g/mol. The van der Waals surface area contributed by atoms with Crippen molar-refractivity contribution in [3.63, 3.8) is 0 Å². The van der Waals surface area contributed by atoms with Crippen molar-refractivity contribution in [2.45, 2.75) is 19.1 Å². The minimum atomic E-state index is -0.352. The van der Waals surface area contributed by atoms with Crippen molar-refractivity contribution in [2.75, 3.05) is 0 Å². The smallest absolute Gasteiger partial charge is 0.214 e. The summed E-state index contributed by atoms with van der Waals surface area (Å²) < 4.78 is 6.04. The summed E-state index contributed by atoms with van der Waals surface area (Å²) in [6.45, 7) is 0.354. The molecule has 0 aliphatic heterocycles. The van der Waals surface area contributed by atoms with E-state index >= 15 is 0 Å². The molecule has 24 heavy (non-hydrogen) atoms. The lowest BCUT2D eigenvalue weighted by molar-refractivity contribution is 0.188. The number of pyridine rings is 1. The summed E-state index contributed by atoms with van der Waals surface area (Å²) in [4.78, 5) is 11.8. The van der Waals surface area contributed by atoms with Crippen molar-refractivity contribution in [1.29, 1.82) is 0 Å². The third-order valence-electron chi connectivity index (χ3n) is 3.42. The standard InChI is InChI=1S/C17H16Cl2N4O/c18-12-6-11(7-13(19)9-12)8-15(17-21-4-5-22-17)24-16-3-1-2-14(10-20)23-16/h1-7,9,15H,8,10,20H2,(H,21,22). The number of nitrogens with two attached hydrogens (primary N) is 1. The summed E-state index contributed by atoms with van der Waals surface area (Å²) >= 11 is 12.2. The molecule has 0 amide bonds. The van der Waals surface area contributed by atoms with Gasteiger partial charge in [-0.2, -0.15) is 0 Å². The van der Waals surface area contributed by atoms with Gasteiger partial charge in [-0.05, 0) is 29.8 Å². The van der Waals surface area contributed by atoms with Gasteiger partial charge < -0.3 is 15.5 Å². The molecule has 3 N–H and O–H groups in total. The molecule has 5 nitrogen and oxygen atoms in total. The number of imidazole rings is 1. The van der Waals surface area contributed by atoms with Crippen LogP contribution in [0.4, 0.5) is 0 Å². The molecule has 2 heterocycles. The van der Waals surface area contributed by atoms with E-state index in [4.69, 9.17) is 33.7 Å². The number of ether oxygens (including phenoxy) is 1. The summed E-state index contributed by atoms with van der Waals surface area (Å²) in [6.07, 6.45) is 3.62. The first-order valence-corrected chi connectivity index (χ1v) is 8.16. The lowest BCUT2D eigenvalue weighted by Gasteiger charge is -2.17. The van der Waals surface area contributed by atoms with E-state index in [1.165, 1.54) is 0 Å². The molecule has 3 rings (SSSR count). The van der Waals surface area contributed by atoms with Crippen LogP contribution in [0, 0.1) is 0 Å². The van der Waals surface area contributed by atoms with Crippen LogP contribution >= 0.6 is 23.2 Å². The Balaban J connectivity index is 1.86. The first-order chi connectivity index (χ1) is 11.6. The van der Waals surface area contributed by atoms with E-state index in [0.29, 0.717) is 34.7 Å². The lowest BCUT2D eigenvalue weighted by atomic mass is 10.1. The van der Waals surface area contributed by atoms with Crippen molar-refractivity contribution in [3.05, 3.63) is 75.9 Å². The number of aromatic nitrogens is 3. The second kappa shape index (κ2) is 7.66. The van der Waals surface area contributed by atoms with E-state index in [1.54, 1.807) is 24.5 Å². The maximum atomic E-state index is 6.08. The van der Waals surface area contributed by atoms with Crippen molar-refractivity contribution in [1.82, 2.24) is 15.0 Å². The summed E-state index contributed by atoms with van der Waals surface area (Å²) in [7, 11) is 0. The predicted octanol–water partition coefficient (Wildman–Crippen LogP) is 3.93. The molecule has 3 aromatic rings. The van der Waals surface area contributed by atoms with Gasteiger partial charge in [-0.15, -0.1) is 0 Å². The number of rotatable bonds is 6. The molecular formula is C17H16Cl2N4O. The number of H-pyrrole nitrogens is 1. The summed E-state index contributed by atoms with van der Waals surface area (Å²) in [5.74, 6) is 1.19. The Morgan fingerprint density at radius 2 is 1.96 bits per heavy atom. The van der Waals surface area contributed by atoms with E-state index in [1.807, 2.05) is 24.3 Å². The predicted molar refractivity (Wildman–Crippen MR) is 94.3 cm³/mol. The SMILES string of the molecule is NCc1cccc(OC(Cc2cc(Cl)cc(Cl)c2)c2ncc[nH]2)n1. The van der Waals surface area contributed by atoms with Crippen LogP contribution in [0.25, 0.3) is 0 Å². The van der Waals surface area contributed by atoms with Gasteiger partial charge in [0, 0.05) is 41.5 Å². The second-order valence-electron chi connectivity index (χ2n) is 5.23. The number of nitrogens with one attached hydrogen (secondary N) is 1. The zero-order valence-electron chi connectivity index (χ0n) is 12.7. The zero-order valence-corrected chi connectivity index (χ0v) is 14.3. The van der Waals surface area contributed by atoms with Crippen molar-refractivity contribution >= 4 is 23.2 Å². The average Bonchev–Trinajstić information content (AvgIpc) is 3.08. The minimum absolute atomic E-state index is 0.352. The largest absolute Gasteiger partial charge is 0.466 e. The van der Waals surface area contributed by atoms with Crippen molar-refractivity contribution in [3.8, 4) is 5.88 Å². The third kappa shape index (κ3) is 4.26. The molecule has 0 bridgehead atoms. The van der Waals surface area contributed by atoms with Gasteiger partial charge in [0.2, 0.25) is 5.88 Å². The van der Waals surface area contributed by atoms with E-state index in [2.05, 4.69) is 15.0 Å². The first-order valence-electron chi connectivity index (χ1n) is 7.41. The van der Waals surface area contributed by atoms with Gasteiger partial charge in [0.25, 0.3) is 0 Å². The Morgan fingerprint density at radius 3 is 2.62 bits per heavy atom. The van der Waals surface area contributed by atoms with Gasteiger partial charge in [-0.25, -0.2) is 9.97 Å². The highest BCUT2D eigenvalue weighted by molar-refractivity contribution is 6.34. The molecule has 0 spiro atoms. The molecule has 2 aromatic heterocycles. The third-order valence-corrected chi connectivity index (χ3v) is 3.86. The Morgan fingerprint density at radius 1 is 1.17 bits per heavy atom. The van der Waals surface area contributed by atoms with Crippen LogP contribution in [0.15, 0.2) is 48.8 Å². The van der Waals surface area contributed by atoms with Crippen molar-refractivity contribution in [2.24, 2.45) is 5.73 Å². The zero-order chi connectivity index (χ0) is 16.9. The van der Waals surface area contributed by atoms with Crippen LogP contribution in [0.3, 0.4) is 0 Å². The first kappa shape index (κ1) is 16.8. The van der Waals surface area contributed by atoms with Gasteiger partial charge in [-0.1, -0.05) is 29.3 Å². The molecular weight excluding hydrogens is 347 g/mol. The molecule has 0 fully saturated rings. The molecule has 1 unspecified atom stereocenters. The highest BCUT2D eigenvalue weighted by Crippen LogP contribution is 2.26. The molecule has 124 valence electrons. The number of hydrogen-bond acceptors (Lipinski definition) is 4. The number of hydrogen-bond donors (Lipinski definition) is 2. The molecule has 7 heteroatoms. The lowest BCUT2D eigenvalue weighted by Crippen LogP contribution is -2.14. The fourth-order valence-electron chi connectivity index (χ4n) is 2.37. The van der Waals surface area contributed by atoms with E-state index in [-0.39, 0.29) is 6.10 Å². The Bertz CT molecular complexity index is 788. The van der Waals surface area contributed by atoms with Crippen LogP contribution in [0.5, 0.6) is 5.88 Å². The highest BCUT2D eigenvalue weighted by atomic mass is 35.5. The van der Waals surface area contributed by atoms with Gasteiger partial charge in [0.1, 0.15) is 5.82 Å². The molecule has 1 atom stereocenters. The van der Waals surface area contributed by atoms with Gasteiger partial charge in [0.05, 0.1) is 5.69 Å². The number of nitrogens with zero attached hydrogens (tertiary/aromatic N) is 2. The Hall–Kier alpha value is -2.08. The molecule has 0 saturated carbocycles. The Kier molecular flexibility index (Phi) is 5.35. The van der Waals surface area contributed by atoms with E-state index in [9.17, 15) is 0 Å². The minimum Gasteiger partial charge on any atom is -0.466 e.